The number of ketones is 1. The fourth-order valence-electron chi connectivity index (χ4n) is 2.98. The summed E-state index contributed by atoms with van der Waals surface area (Å²) in [6.07, 6.45) is 5.97. The van der Waals surface area contributed by atoms with Crippen LogP contribution in [0.15, 0.2) is 28.9 Å². The smallest absolute Gasteiger partial charge is 0.136 e. The molecule has 3 heteroatoms. The minimum Gasteiger partial charge on any atom is -0.350 e. The van der Waals surface area contributed by atoms with Crippen molar-refractivity contribution < 1.29 is 4.79 Å². The fraction of sp³-hybridized carbons (Fsp3) is 0.400. The van der Waals surface area contributed by atoms with E-state index in [0.29, 0.717) is 5.78 Å². The molecule has 1 unspecified atom stereocenters. The molecule has 0 N–H and O–H groups in total. The first kappa shape index (κ1) is 12.0. The van der Waals surface area contributed by atoms with Crippen LogP contribution in [0.25, 0.3) is 10.9 Å². The second kappa shape index (κ2) is 4.54. The van der Waals surface area contributed by atoms with Gasteiger partial charge in [-0.25, -0.2) is 0 Å². The quantitative estimate of drug-likeness (QED) is 0.826. The molecule has 1 atom stereocenters. The van der Waals surface area contributed by atoms with Gasteiger partial charge in [-0.1, -0.05) is 15.9 Å². The summed E-state index contributed by atoms with van der Waals surface area (Å²) in [6, 6.07) is 6.34. The van der Waals surface area contributed by atoms with E-state index >= 15 is 0 Å². The Labute approximate surface area is 115 Å². The van der Waals surface area contributed by atoms with Crippen molar-refractivity contribution in [3.63, 3.8) is 0 Å². The summed E-state index contributed by atoms with van der Waals surface area (Å²) in [5, 5.41) is 1.27. The molecule has 0 radical (unpaired) electrons. The highest BCUT2D eigenvalue weighted by Gasteiger charge is 2.25. The van der Waals surface area contributed by atoms with Crippen molar-refractivity contribution in [2.24, 2.45) is 13.0 Å². The van der Waals surface area contributed by atoms with Crippen LogP contribution >= 0.6 is 15.9 Å². The lowest BCUT2D eigenvalue weighted by molar-refractivity contribution is -0.120. The minimum absolute atomic E-state index is 0.245. The van der Waals surface area contributed by atoms with Gasteiger partial charge in [-0.05, 0) is 43.0 Å². The Morgan fingerprint density at radius 3 is 3.00 bits per heavy atom. The maximum absolute atomic E-state index is 11.8. The highest BCUT2D eigenvalue weighted by atomic mass is 79.9. The number of carbonyl (C=O) groups is 1. The maximum atomic E-state index is 11.8. The Kier molecular flexibility index (Phi) is 3.02. The van der Waals surface area contributed by atoms with Gasteiger partial charge in [-0.2, -0.15) is 0 Å². The molecule has 1 fully saturated rings. The lowest BCUT2D eigenvalue weighted by Crippen LogP contribution is -2.09. The molecule has 94 valence electrons. The van der Waals surface area contributed by atoms with Crippen molar-refractivity contribution in [3.05, 3.63) is 34.4 Å². The first-order chi connectivity index (χ1) is 8.65. The Hall–Kier alpha value is -1.09. The van der Waals surface area contributed by atoms with Crippen molar-refractivity contribution in [1.29, 1.82) is 0 Å². The zero-order chi connectivity index (χ0) is 12.7. The maximum Gasteiger partial charge on any atom is 0.136 e. The first-order valence-electron chi connectivity index (χ1n) is 6.41. The van der Waals surface area contributed by atoms with Crippen molar-refractivity contribution in [3.8, 4) is 0 Å². The topological polar surface area (TPSA) is 22.0 Å². The molecule has 2 aromatic rings. The van der Waals surface area contributed by atoms with Gasteiger partial charge >= 0.3 is 0 Å². The average Bonchev–Trinajstić information content (AvgIpc) is 2.86. The predicted molar refractivity (Wildman–Crippen MR) is 76.7 cm³/mol. The zero-order valence-corrected chi connectivity index (χ0v) is 12.0. The largest absolute Gasteiger partial charge is 0.350 e. The third-order valence-corrected chi connectivity index (χ3v) is 4.42. The van der Waals surface area contributed by atoms with E-state index in [9.17, 15) is 4.79 Å². The average molecular weight is 306 g/mol. The van der Waals surface area contributed by atoms with Crippen LogP contribution in [-0.4, -0.2) is 10.4 Å². The molecule has 1 heterocycles. The Morgan fingerprint density at radius 2 is 2.28 bits per heavy atom. The van der Waals surface area contributed by atoms with Gasteiger partial charge < -0.3 is 4.57 Å². The van der Waals surface area contributed by atoms with E-state index in [0.717, 1.165) is 30.2 Å². The third kappa shape index (κ3) is 2.01. The van der Waals surface area contributed by atoms with Crippen LogP contribution < -0.4 is 0 Å². The molecule has 1 aromatic carbocycles. The molecule has 18 heavy (non-hydrogen) atoms. The van der Waals surface area contributed by atoms with E-state index < -0.39 is 0 Å². The lowest BCUT2D eigenvalue weighted by Gasteiger charge is -2.06. The Balaban J connectivity index is 2.01. The first-order valence-corrected chi connectivity index (χ1v) is 7.20. The SMILES string of the molecule is Cn1cc(CC2CCCC2=O)c2cc(Br)ccc21. The van der Waals surface area contributed by atoms with Gasteiger partial charge in [0, 0.05) is 41.0 Å². The number of benzene rings is 1. The fourth-order valence-corrected chi connectivity index (χ4v) is 3.34. The number of nitrogens with zero attached hydrogens (tertiary/aromatic N) is 1. The molecule has 1 aromatic heterocycles. The van der Waals surface area contributed by atoms with E-state index in [-0.39, 0.29) is 5.92 Å². The monoisotopic (exact) mass is 305 g/mol. The highest BCUT2D eigenvalue weighted by molar-refractivity contribution is 9.10. The van der Waals surface area contributed by atoms with E-state index in [1.807, 2.05) is 0 Å². The molecule has 1 saturated carbocycles. The second-order valence-corrected chi connectivity index (χ2v) is 6.10. The number of carbonyl (C=O) groups excluding carboxylic acids is 1. The molecule has 2 nitrogen and oxygen atoms in total. The predicted octanol–water partition coefficient (Wildman–Crippen LogP) is 3.85. The highest BCUT2D eigenvalue weighted by Crippen LogP contribution is 2.30. The van der Waals surface area contributed by atoms with E-state index in [1.54, 1.807) is 0 Å². The Bertz CT molecular complexity index is 614. The number of hydrogen-bond acceptors (Lipinski definition) is 1. The second-order valence-electron chi connectivity index (χ2n) is 5.19. The summed E-state index contributed by atoms with van der Waals surface area (Å²) >= 11 is 3.52. The van der Waals surface area contributed by atoms with Crippen molar-refractivity contribution >= 4 is 32.6 Å². The number of Topliss-reactive ketones (excluding diaryl/α,β-unsaturated/α-hetero) is 1. The van der Waals surface area contributed by atoms with Crippen LogP contribution in [0.1, 0.15) is 24.8 Å². The molecular formula is C15H16BrNO. The van der Waals surface area contributed by atoms with Gasteiger partial charge in [0.05, 0.1) is 0 Å². The number of aromatic nitrogens is 1. The normalized spacial score (nSPS) is 19.9. The van der Waals surface area contributed by atoms with E-state index in [4.69, 9.17) is 0 Å². The van der Waals surface area contributed by atoms with E-state index in [2.05, 4.69) is 51.9 Å². The number of fused-ring (bicyclic) bond motifs is 1. The molecule has 0 amide bonds. The van der Waals surface area contributed by atoms with Gasteiger partial charge in [0.15, 0.2) is 0 Å². The van der Waals surface area contributed by atoms with Crippen molar-refractivity contribution in [1.82, 2.24) is 4.57 Å². The number of rotatable bonds is 2. The van der Waals surface area contributed by atoms with Crippen LogP contribution in [0.5, 0.6) is 0 Å². The van der Waals surface area contributed by atoms with Crippen molar-refractivity contribution in [2.75, 3.05) is 0 Å². The van der Waals surface area contributed by atoms with Crippen LogP contribution in [0.3, 0.4) is 0 Å². The molecule has 1 aliphatic rings. The summed E-state index contributed by atoms with van der Waals surface area (Å²) in [7, 11) is 2.07. The van der Waals surface area contributed by atoms with Crippen LogP contribution in [-0.2, 0) is 18.3 Å². The van der Waals surface area contributed by atoms with Gasteiger partial charge in [-0.3, -0.25) is 4.79 Å². The molecular weight excluding hydrogens is 290 g/mol. The summed E-state index contributed by atoms with van der Waals surface area (Å²) in [5.74, 6) is 0.691. The summed E-state index contributed by atoms with van der Waals surface area (Å²) in [6.45, 7) is 0. The molecule has 0 saturated heterocycles. The number of halogens is 1. The van der Waals surface area contributed by atoms with Crippen LogP contribution in [0.2, 0.25) is 0 Å². The standard InChI is InChI=1S/C15H16BrNO/c1-17-9-11(7-10-3-2-4-15(10)18)13-8-12(16)5-6-14(13)17/h5-6,8-10H,2-4,7H2,1H3. The number of aryl methyl sites for hydroxylation is 1. The summed E-state index contributed by atoms with van der Waals surface area (Å²) in [4.78, 5) is 11.8. The van der Waals surface area contributed by atoms with Crippen molar-refractivity contribution in [2.45, 2.75) is 25.7 Å². The van der Waals surface area contributed by atoms with Gasteiger partial charge in [0.1, 0.15) is 5.78 Å². The molecule has 1 aliphatic carbocycles. The van der Waals surface area contributed by atoms with Crippen LogP contribution in [0, 0.1) is 5.92 Å². The summed E-state index contributed by atoms with van der Waals surface area (Å²) < 4.78 is 3.25. The molecule has 3 rings (SSSR count). The Morgan fingerprint density at radius 1 is 1.44 bits per heavy atom. The van der Waals surface area contributed by atoms with Gasteiger partial charge in [0.2, 0.25) is 0 Å². The summed E-state index contributed by atoms with van der Waals surface area (Å²) in [5.41, 5.74) is 2.53. The molecule has 0 bridgehead atoms. The van der Waals surface area contributed by atoms with Crippen LogP contribution in [0.4, 0.5) is 0 Å². The zero-order valence-electron chi connectivity index (χ0n) is 10.4. The van der Waals surface area contributed by atoms with E-state index in [1.165, 1.54) is 16.5 Å². The molecule has 0 aliphatic heterocycles. The number of hydrogen-bond donors (Lipinski definition) is 0. The molecule has 0 spiro atoms. The minimum atomic E-state index is 0.245. The van der Waals surface area contributed by atoms with Gasteiger partial charge in [0.25, 0.3) is 0 Å². The van der Waals surface area contributed by atoms with Gasteiger partial charge in [-0.15, -0.1) is 0 Å². The third-order valence-electron chi connectivity index (χ3n) is 3.93. The lowest BCUT2D eigenvalue weighted by atomic mass is 9.97.